The van der Waals surface area contributed by atoms with Gasteiger partial charge in [0.25, 0.3) is 5.91 Å². The number of nitrogens with zero attached hydrogens (tertiary/aromatic N) is 2. The van der Waals surface area contributed by atoms with Gasteiger partial charge in [0, 0.05) is 37.3 Å². The Morgan fingerprint density at radius 3 is 2.35 bits per heavy atom. The van der Waals surface area contributed by atoms with Gasteiger partial charge in [-0.15, -0.1) is 0 Å². The number of anilines is 1. The van der Waals surface area contributed by atoms with Crippen LogP contribution in [0.1, 0.15) is 41.6 Å². The van der Waals surface area contributed by atoms with Gasteiger partial charge in [-0.3, -0.25) is 14.5 Å². The molecule has 2 amide bonds. The summed E-state index contributed by atoms with van der Waals surface area (Å²) < 4.78 is 5.22. The minimum absolute atomic E-state index is 0.0417. The van der Waals surface area contributed by atoms with Crippen molar-refractivity contribution in [3.05, 3.63) is 59.7 Å². The van der Waals surface area contributed by atoms with Crippen LogP contribution in [-0.4, -0.2) is 50.0 Å². The van der Waals surface area contributed by atoms with Crippen LogP contribution in [0.5, 0.6) is 5.75 Å². The molecule has 2 aromatic rings. The summed E-state index contributed by atoms with van der Waals surface area (Å²) in [6, 6.07) is 15.6. The van der Waals surface area contributed by atoms with Crippen LogP contribution in [-0.2, 0) is 11.3 Å². The van der Waals surface area contributed by atoms with Gasteiger partial charge in [0.1, 0.15) is 5.75 Å². The summed E-state index contributed by atoms with van der Waals surface area (Å²) >= 11 is 0. The fourth-order valence-corrected chi connectivity index (χ4v) is 4.39. The minimum atomic E-state index is -0.0417. The lowest BCUT2D eigenvalue weighted by Gasteiger charge is -2.32. The lowest BCUT2D eigenvalue weighted by Crippen LogP contribution is -2.38. The topological polar surface area (TPSA) is 61.9 Å². The zero-order valence-electron chi connectivity index (χ0n) is 18.2. The Kier molecular flexibility index (Phi) is 6.87. The first-order valence-electron chi connectivity index (χ1n) is 11.2. The third-order valence-electron chi connectivity index (χ3n) is 6.34. The number of nitrogens with one attached hydrogen (secondary N) is 1. The van der Waals surface area contributed by atoms with Crippen molar-refractivity contribution in [1.29, 1.82) is 0 Å². The van der Waals surface area contributed by atoms with Gasteiger partial charge in [0.05, 0.1) is 7.11 Å². The Labute approximate surface area is 184 Å². The van der Waals surface area contributed by atoms with Crippen LogP contribution < -0.4 is 15.0 Å². The summed E-state index contributed by atoms with van der Waals surface area (Å²) in [5.41, 5.74) is 2.82. The first-order chi connectivity index (χ1) is 15.1. The molecule has 0 unspecified atom stereocenters. The third kappa shape index (κ3) is 5.44. The molecule has 164 valence electrons. The van der Waals surface area contributed by atoms with Crippen LogP contribution >= 0.6 is 0 Å². The molecule has 2 aliphatic heterocycles. The number of hydrogen-bond donors (Lipinski definition) is 1. The molecule has 1 N–H and O–H groups in total. The predicted molar refractivity (Wildman–Crippen MR) is 121 cm³/mol. The highest BCUT2D eigenvalue weighted by molar-refractivity contribution is 5.97. The number of carbonyl (C=O) groups is 2. The van der Waals surface area contributed by atoms with Crippen LogP contribution in [0, 0.1) is 5.92 Å². The molecule has 2 aliphatic rings. The van der Waals surface area contributed by atoms with Crippen molar-refractivity contribution in [1.82, 2.24) is 10.2 Å². The van der Waals surface area contributed by atoms with E-state index >= 15 is 0 Å². The van der Waals surface area contributed by atoms with Gasteiger partial charge >= 0.3 is 0 Å². The van der Waals surface area contributed by atoms with E-state index in [1.54, 1.807) is 12.0 Å². The smallest absolute Gasteiger partial charge is 0.251 e. The Morgan fingerprint density at radius 2 is 1.74 bits per heavy atom. The summed E-state index contributed by atoms with van der Waals surface area (Å²) in [7, 11) is 1.68. The maximum atomic E-state index is 12.5. The third-order valence-corrected chi connectivity index (χ3v) is 6.34. The largest absolute Gasteiger partial charge is 0.497 e. The Morgan fingerprint density at radius 1 is 1.03 bits per heavy atom. The van der Waals surface area contributed by atoms with E-state index in [1.165, 1.54) is 5.56 Å². The van der Waals surface area contributed by atoms with Crippen molar-refractivity contribution in [3.63, 3.8) is 0 Å². The van der Waals surface area contributed by atoms with Gasteiger partial charge in [0.15, 0.2) is 0 Å². The number of likely N-dealkylation sites (tertiary alicyclic amines) is 1. The zero-order valence-corrected chi connectivity index (χ0v) is 18.2. The van der Waals surface area contributed by atoms with Gasteiger partial charge < -0.3 is 15.0 Å². The first kappa shape index (κ1) is 21.4. The van der Waals surface area contributed by atoms with E-state index in [0.717, 1.165) is 56.9 Å². The highest BCUT2D eigenvalue weighted by Gasteiger charge is 2.22. The van der Waals surface area contributed by atoms with Crippen LogP contribution in [0.25, 0.3) is 0 Å². The monoisotopic (exact) mass is 421 g/mol. The molecule has 0 aromatic heterocycles. The summed E-state index contributed by atoms with van der Waals surface area (Å²) in [6.07, 6.45) is 3.69. The molecule has 2 aromatic carbocycles. The summed E-state index contributed by atoms with van der Waals surface area (Å²) in [5.74, 6) is 1.52. The fraction of sp³-hybridized carbons (Fsp3) is 0.440. The second-order valence-corrected chi connectivity index (χ2v) is 8.47. The number of piperidine rings is 1. The second-order valence-electron chi connectivity index (χ2n) is 8.47. The Bertz CT molecular complexity index is 887. The zero-order chi connectivity index (χ0) is 21.6. The van der Waals surface area contributed by atoms with E-state index in [4.69, 9.17) is 4.74 Å². The molecule has 0 aliphatic carbocycles. The van der Waals surface area contributed by atoms with E-state index in [1.807, 2.05) is 36.4 Å². The number of amides is 2. The SMILES string of the molecule is COc1ccc(CN2CCC(CNC(=O)c3ccc(N4CCCC4=O)cc3)CC2)cc1. The number of benzene rings is 2. The summed E-state index contributed by atoms with van der Waals surface area (Å²) in [4.78, 5) is 28.7. The fourth-order valence-electron chi connectivity index (χ4n) is 4.39. The van der Waals surface area contributed by atoms with E-state index in [0.29, 0.717) is 24.4 Å². The van der Waals surface area contributed by atoms with Crippen molar-refractivity contribution >= 4 is 17.5 Å². The van der Waals surface area contributed by atoms with E-state index in [9.17, 15) is 9.59 Å². The normalized spacial score (nSPS) is 17.7. The first-order valence-corrected chi connectivity index (χ1v) is 11.2. The number of ether oxygens (including phenoxy) is 1. The average molecular weight is 422 g/mol. The van der Waals surface area contributed by atoms with E-state index < -0.39 is 0 Å². The minimum Gasteiger partial charge on any atom is -0.497 e. The van der Waals surface area contributed by atoms with Gasteiger partial charge in [0.2, 0.25) is 5.91 Å². The highest BCUT2D eigenvalue weighted by atomic mass is 16.5. The average Bonchev–Trinajstić information content (AvgIpc) is 3.25. The quantitative estimate of drug-likeness (QED) is 0.744. The number of methoxy groups -OCH3 is 1. The molecular formula is C25H31N3O3. The van der Waals surface area contributed by atoms with Crippen LogP contribution in [0.2, 0.25) is 0 Å². The molecule has 0 spiro atoms. The van der Waals surface area contributed by atoms with Crippen molar-refractivity contribution in [2.75, 3.05) is 38.2 Å². The Hall–Kier alpha value is -2.86. The molecule has 6 nitrogen and oxygen atoms in total. The molecule has 0 saturated carbocycles. The molecule has 31 heavy (non-hydrogen) atoms. The Balaban J connectivity index is 1.20. The molecule has 6 heteroatoms. The van der Waals surface area contributed by atoms with Crippen molar-refractivity contribution in [2.24, 2.45) is 5.92 Å². The molecule has 4 rings (SSSR count). The number of carbonyl (C=O) groups excluding carboxylic acids is 2. The summed E-state index contributed by atoms with van der Waals surface area (Å²) in [6.45, 7) is 4.52. The predicted octanol–water partition coefficient (Wildman–Crippen LogP) is 3.46. The van der Waals surface area contributed by atoms with Crippen LogP contribution in [0.3, 0.4) is 0 Å². The van der Waals surface area contributed by atoms with Crippen molar-refractivity contribution in [2.45, 2.75) is 32.2 Å². The molecule has 0 bridgehead atoms. The summed E-state index contributed by atoms with van der Waals surface area (Å²) in [5, 5.41) is 3.09. The standard InChI is InChI=1S/C25H31N3O3/c1-31-23-10-4-20(5-11-23)18-27-15-12-19(13-16-27)17-26-25(30)21-6-8-22(9-7-21)28-14-2-3-24(28)29/h4-11,19H,2-3,12-18H2,1H3,(H,26,30). The van der Waals surface area contributed by atoms with Crippen LogP contribution in [0.4, 0.5) is 5.69 Å². The molecule has 2 saturated heterocycles. The maximum Gasteiger partial charge on any atom is 0.251 e. The van der Waals surface area contributed by atoms with Crippen LogP contribution in [0.15, 0.2) is 48.5 Å². The number of hydrogen-bond acceptors (Lipinski definition) is 4. The van der Waals surface area contributed by atoms with E-state index in [2.05, 4.69) is 22.3 Å². The lowest BCUT2D eigenvalue weighted by molar-refractivity contribution is -0.117. The van der Waals surface area contributed by atoms with Crippen molar-refractivity contribution < 1.29 is 14.3 Å². The number of rotatable bonds is 7. The maximum absolute atomic E-state index is 12.5. The van der Waals surface area contributed by atoms with Gasteiger partial charge in [-0.05, 0) is 80.2 Å². The molecule has 2 heterocycles. The van der Waals surface area contributed by atoms with Gasteiger partial charge in [-0.2, -0.15) is 0 Å². The molecular weight excluding hydrogens is 390 g/mol. The van der Waals surface area contributed by atoms with Crippen molar-refractivity contribution in [3.8, 4) is 5.75 Å². The van der Waals surface area contributed by atoms with E-state index in [-0.39, 0.29) is 11.8 Å². The molecule has 0 atom stereocenters. The van der Waals surface area contributed by atoms with Gasteiger partial charge in [-0.1, -0.05) is 12.1 Å². The molecule has 0 radical (unpaired) electrons. The highest BCUT2D eigenvalue weighted by Crippen LogP contribution is 2.22. The van der Waals surface area contributed by atoms with Gasteiger partial charge in [-0.25, -0.2) is 0 Å². The second kappa shape index (κ2) is 9.96. The molecule has 2 fully saturated rings. The lowest BCUT2D eigenvalue weighted by atomic mass is 9.96.